The third-order valence-electron chi connectivity index (χ3n) is 3.46. The number of benzene rings is 1. The van der Waals surface area contributed by atoms with Crippen molar-refractivity contribution in [1.29, 1.82) is 0 Å². The number of amides is 1. The van der Waals surface area contributed by atoms with Gasteiger partial charge in [-0.2, -0.15) is 0 Å². The van der Waals surface area contributed by atoms with E-state index in [4.69, 9.17) is 9.84 Å². The van der Waals surface area contributed by atoms with E-state index in [9.17, 15) is 4.79 Å². The van der Waals surface area contributed by atoms with Gasteiger partial charge in [-0.1, -0.05) is 24.8 Å². The normalized spacial score (nSPS) is 18.0. The molecule has 4 heteroatoms. The monoisotopic (exact) mass is 287 g/mol. The van der Waals surface area contributed by atoms with Crippen LogP contribution in [0.4, 0.5) is 0 Å². The number of rotatable bonds is 3. The van der Waals surface area contributed by atoms with Gasteiger partial charge < -0.3 is 14.7 Å². The molecule has 1 atom stereocenters. The molecule has 1 aliphatic heterocycles. The van der Waals surface area contributed by atoms with E-state index >= 15 is 0 Å². The number of aliphatic hydroxyl groups is 1. The van der Waals surface area contributed by atoms with Crippen molar-refractivity contribution in [3.8, 4) is 11.8 Å². The molecule has 1 aromatic rings. The van der Waals surface area contributed by atoms with Crippen LogP contribution >= 0.6 is 0 Å². The summed E-state index contributed by atoms with van der Waals surface area (Å²) in [6, 6.07) is 7.34. The van der Waals surface area contributed by atoms with E-state index in [2.05, 4.69) is 18.8 Å². The summed E-state index contributed by atoms with van der Waals surface area (Å²) in [7, 11) is 0. The SMILES string of the molecule is CCC1CN(C(=O)c2cccc(C#CCCO)c2)CCO1. The zero-order chi connectivity index (χ0) is 15.1. The lowest BCUT2D eigenvalue weighted by Gasteiger charge is -2.32. The van der Waals surface area contributed by atoms with E-state index in [1.165, 1.54) is 0 Å². The van der Waals surface area contributed by atoms with Crippen LogP contribution in [0.5, 0.6) is 0 Å². The first kappa shape index (κ1) is 15.6. The number of carbonyl (C=O) groups excluding carboxylic acids is 1. The fourth-order valence-corrected chi connectivity index (χ4v) is 2.28. The molecule has 4 nitrogen and oxygen atoms in total. The van der Waals surface area contributed by atoms with Crippen molar-refractivity contribution >= 4 is 5.91 Å². The molecule has 2 rings (SSSR count). The van der Waals surface area contributed by atoms with Crippen molar-refractivity contribution in [2.24, 2.45) is 0 Å². The average Bonchev–Trinajstić information content (AvgIpc) is 2.55. The molecule has 1 saturated heterocycles. The molecule has 0 spiro atoms. The minimum absolute atomic E-state index is 0.0301. The quantitative estimate of drug-likeness (QED) is 0.860. The molecule has 112 valence electrons. The van der Waals surface area contributed by atoms with E-state index < -0.39 is 0 Å². The first-order valence-corrected chi connectivity index (χ1v) is 7.35. The van der Waals surface area contributed by atoms with Gasteiger partial charge in [0, 0.05) is 30.6 Å². The summed E-state index contributed by atoms with van der Waals surface area (Å²) in [5, 5.41) is 8.73. The van der Waals surface area contributed by atoms with Crippen molar-refractivity contribution in [3.05, 3.63) is 35.4 Å². The van der Waals surface area contributed by atoms with Crippen molar-refractivity contribution in [1.82, 2.24) is 4.90 Å². The molecule has 0 aliphatic carbocycles. The van der Waals surface area contributed by atoms with E-state index in [0.717, 1.165) is 12.0 Å². The van der Waals surface area contributed by atoms with E-state index in [-0.39, 0.29) is 18.6 Å². The summed E-state index contributed by atoms with van der Waals surface area (Å²) in [4.78, 5) is 14.4. The molecule has 1 heterocycles. The Kier molecular flexibility index (Phi) is 5.79. The van der Waals surface area contributed by atoms with Gasteiger partial charge >= 0.3 is 0 Å². The van der Waals surface area contributed by atoms with Crippen LogP contribution in [0.3, 0.4) is 0 Å². The van der Waals surface area contributed by atoms with Gasteiger partial charge in [0.25, 0.3) is 5.91 Å². The van der Waals surface area contributed by atoms with Crippen LogP contribution in [0.25, 0.3) is 0 Å². The highest BCUT2D eigenvalue weighted by molar-refractivity contribution is 5.94. The molecule has 1 fully saturated rings. The smallest absolute Gasteiger partial charge is 0.254 e. The number of nitrogens with zero attached hydrogens (tertiary/aromatic N) is 1. The van der Waals surface area contributed by atoms with Gasteiger partial charge in [0.05, 0.1) is 19.3 Å². The lowest BCUT2D eigenvalue weighted by molar-refractivity contribution is -0.0226. The Balaban J connectivity index is 2.09. The Labute approximate surface area is 125 Å². The predicted octanol–water partition coefficient (Wildman–Crippen LogP) is 1.67. The predicted molar refractivity (Wildman–Crippen MR) is 81.0 cm³/mol. The third kappa shape index (κ3) is 4.32. The molecular weight excluding hydrogens is 266 g/mol. The van der Waals surface area contributed by atoms with E-state index in [0.29, 0.717) is 31.7 Å². The van der Waals surface area contributed by atoms with Gasteiger partial charge in [-0.3, -0.25) is 4.79 Å². The molecule has 1 aromatic carbocycles. The first-order chi connectivity index (χ1) is 10.2. The van der Waals surface area contributed by atoms with Gasteiger partial charge in [-0.25, -0.2) is 0 Å². The van der Waals surface area contributed by atoms with Crippen molar-refractivity contribution < 1.29 is 14.6 Å². The molecular formula is C17H21NO3. The van der Waals surface area contributed by atoms with Crippen LogP contribution in [-0.2, 0) is 4.74 Å². The summed E-state index contributed by atoms with van der Waals surface area (Å²) in [6.07, 6.45) is 1.49. The summed E-state index contributed by atoms with van der Waals surface area (Å²) in [5.74, 6) is 5.86. The van der Waals surface area contributed by atoms with Gasteiger partial charge in [-0.15, -0.1) is 0 Å². The van der Waals surface area contributed by atoms with Gasteiger partial charge in [0.2, 0.25) is 0 Å². The highest BCUT2D eigenvalue weighted by Gasteiger charge is 2.23. The van der Waals surface area contributed by atoms with Crippen LogP contribution in [0.15, 0.2) is 24.3 Å². The van der Waals surface area contributed by atoms with Crippen molar-refractivity contribution in [2.45, 2.75) is 25.9 Å². The van der Waals surface area contributed by atoms with Gasteiger partial charge in [0.1, 0.15) is 0 Å². The summed E-state index contributed by atoms with van der Waals surface area (Å²) in [6.45, 7) is 4.00. The van der Waals surface area contributed by atoms with Gasteiger partial charge in [-0.05, 0) is 24.6 Å². The van der Waals surface area contributed by atoms with Crippen LogP contribution in [-0.4, -0.2) is 48.3 Å². The van der Waals surface area contributed by atoms with E-state index in [1.807, 2.05) is 29.2 Å². The maximum atomic E-state index is 12.5. The number of morpholine rings is 1. The fraction of sp³-hybridized carbons (Fsp3) is 0.471. The number of aliphatic hydroxyl groups excluding tert-OH is 1. The molecule has 1 amide bonds. The number of hydrogen-bond donors (Lipinski definition) is 1. The largest absolute Gasteiger partial charge is 0.395 e. The minimum Gasteiger partial charge on any atom is -0.395 e. The standard InChI is InChI=1S/C17H21NO3/c1-2-16-13-18(9-11-21-16)17(20)15-8-5-7-14(12-15)6-3-4-10-19/h5,7-8,12,16,19H,2,4,9-11,13H2,1H3. The van der Waals surface area contributed by atoms with Crippen LogP contribution in [0, 0.1) is 11.8 Å². The summed E-state index contributed by atoms with van der Waals surface area (Å²) >= 11 is 0. The number of carbonyl (C=O) groups is 1. The Bertz CT molecular complexity index is 544. The molecule has 1 N–H and O–H groups in total. The van der Waals surface area contributed by atoms with Crippen LogP contribution in [0.1, 0.15) is 35.7 Å². The first-order valence-electron chi connectivity index (χ1n) is 7.35. The van der Waals surface area contributed by atoms with Gasteiger partial charge in [0.15, 0.2) is 0 Å². The summed E-state index contributed by atoms with van der Waals surface area (Å²) in [5.41, 5.74) is 1.46. The minimum atomic E-state index is 0.0301. The highest BCUT2D eigenvalue weighted by atomic mass is 16.5. The second-order valence-corrected chi connectivity index (χ2v) is 5.01. The molecule has 0 bridgehead atoms. The zero-order valence-corrected chi connectivity index (χ0v) is 12.3. The number of ether oxygens (including phenoxy) is 1. The topological polar surface area (TPSA) is 49.8 Å². The third-order valence-corrected chi connectivity index (χ3v) is 3.46. The second-order valence-electron chi connectivity index (χ2n) is 5.01. The fourth-order valence-electron chi connectivity index (χ4n) is 2.28. The second kappa shape index (κ2) is 7.82. The molecule has 0 saturated carbocycles. The molecule has 1 aliphatic rings. The molecule has 0 aromatic heterocycles. The van der Waals surface area contributed by atoms with Crippen LogP contribution in [0.2, 0.25) is 0 Å². The zero-order valence-electron chi connectivity index (χ0n) is 12.3. The summed E-state index contributed by atoms with van der Waals surface area (Å²) < 4.78 is 5.59. The Morgan fingerprint density at radius 1 is 1.52 bits per heavy atom. The maximum absolute atomic E-state index is 12.5. The lowest BCUT2D eigenvalue weighted by atomic mass is 10.1. The lowest BCUT2D eigenvalue weighted by Crippen LogP contribution is -2.45. The molecule has 1 unspecified atom stereocenters. The Morgan fingerprint density at radius 2 is 2.38 bits per heavy atom. The average molecular weight is 287 g/mol. The van der Waals surface area contributed by atoms with Crippen molar-refractivity contribution in [2.75, 3.05) is 26.3 Å². The number of hydrogen-bond acceptors (Lipinski definition) is 3. The maximum Gasteiger partial charge on any atom is 0.254 e. The molecule has 0 radical (unpaired) electrons. The van der Waals surface area contributed by atoms with Crippen molar-refractivity contribution in [3.63, 3.8) is 0 Å². The molecule has 21 heavy (non-hydrogen) atoms. The van der Waals surface area contributed by atoms with E-state index in [1.54, 1.807) is 0 Å². The van der Waals surface area contributed by atoms with Crippen LogP contribution < -0.4 is 0 Å². The Morgan fingerprint density at radius 3 is 3.14 bits per heavy atom. The Hall–Kier alpha value is -1.83. The highest BCUT2D eigenvalue weighted by Crippen LogP contribution is 2.13.